The van der Waals surface area contributed by atoms with E-state index in [0.717, 1.165) is 41.5 Å². The normalized spacial score (nSPS) is 18.9. The van der Waals surface area contributed by atoms with Gasteiger partial charge in [0.05, 0.1) is 0 Å². The van der Waals surface area contributed by atoms with Crippen molar-refractivity contribution in [3.05, 3.63) is 82.4 Å². The Bertz CT molecular complexity index is 718. The monoisotopic (exact) mass is 288 g/mol. The van der Waals surface area contributed by atoms with Crippen LogP contribution in [0.5, 0.6) is 0 Å². The lowest BCUT2D eigenvalue weighted by Crippen LogP contribution is -2.12. The maximum absolute atomic E-state index is 12.7. The molecular formula is C21H20O. The van der Waals surface area contributed by atoms with Crippen LogP contribution in [0.25, 0.3) is 12.2 Å². The molecule has 0 atom stereocenters. The number of carbonyl (C=O) groups is 1. The van der Waals surface area contributed by atoms with Gasteiger partial charge in [0, 0.05) is 11.1 Å². The standard InChI is InChI=1S/C21H20O/c1-16-10-12-18(13-11-16)15-20-9-5-8-19(21(20)22)14-17-6-3-2-4-7-17/h2-4,6-7,10-15H,5,8-9H2,1H3/b19-14-,20-15-. The average molecular weight is 288 g/mol. The number of ketones is 1. The fourth-order valence-corrected chi connectivity index (χ4v) is 2.79. The lowest BCUT2D eigenvalue weighted by Gasteiger charge is -2.16. The number of rotatable bonds is 2. The van der Waals surface area contributed by atoms with Gasteiger partial charge in [0.1, 0.15) is 0 Å². The molecule has 1 saturated carbocycles. The van der Waals surface area contributed by atoms with Crippen LogP contribution in [0.3, 0.4) is 0 Å². The van der Waals surface area contributed by atoms with E-state index in [1.807, 2.05) is 42.5 Å². The summed E-state index contributed by atoms with van der Waals surface area (Å²) in [4.78, 5) is 12.7. The summed E-state index contributed by atoms with van der Waals surface area (Å²) in [6.07, 6.45) is 6.87. The highest BCUT2D eigenvalue weighted by Crippen LogP contribution is 2.28. The fourth-order valence-electron chi connectivity index (χ4n) is 2.79. The molecular weight excluding hydrogens is 268 g/mol. The van der Waals surface area contributed by atoms with Crippen molar-refractivity contribution in [1.82, 2.24) is 0 Å². The van der Waals surface area contributed by atoms with Crippen LogP contribution in [0.2, 0.25) is 0 Å². The van der Waals surface area contributed by atoms with Crippen molar-refractivity contribution in [2.45, 2.75) is 26.2 Å². The third kappa shape index (κ3) is 3.43. The Balaban J connectivity index is 1.87. The molecule has 1 aliphatic rings. The van der Waals surface area contributed by atoms with E-state index in [9.17, 15) is 4.79 Å². The summed E-state index contributed by atoms with van der Waals surface area (Å²) >= 11 is 0. The van der Waals surface area contributed by atoms with Crippen molar-refractivity contribution in [2.24, 2.45) is 0 Å². The molecule has 1 aliphatic carbocycles. The Morgan fingerprint density at radius 3 is 1.91 bits per heavy atom. The third-order valence-corrected chi connectivity index (χ3v) is 4.03. The Labute approximate surface area is 132 Å². The molecule has 2 aromatic rings. The second-order valence-corrected chi connectivity index (χ2v) is 5.84. The highest BCUT2D eigenvalue weighted by Gasteiger charge is 2.20. The van der Waals surface area contributed by atoms with E-state index in [1.165, 1.54) is 5.56 Å². The lowest BCUT2D eigenvalue weighted by molar-refractivity contribution is -0.112. The minimum Gasteiger partial charge on any atom is -0.289 e. The molecule has 0 saturated heterocycles. The number of allylic oxidation sites excluding steroid dienone is 2. The minimum absolute atomic E-state index is 0.204. The van der Waals surface area contributed by atoms with E-state index >= 15 is 0 Å². The molecule has 0 bridgehead atoms. The number of benzene rings is 2. The Morgan fingerprint density at radius 1 is 0.773 bits per heavy atom. The maximum atomic E-state index is 12.7. The molecule has 0 spiro atoms. The molecule has 0 radical (unpaired) electrons. The van der Waals surface area contributed by atoms with Crippen LogP contribution in [-0.2, 0) is 4.79 Å². The fraction of sp³-hybridized carbons (Fsp3) is 0.190. The lowest BCUT2D eigenvalue weighted by atomic mass is 9.87. The second kappa shape index (κ2) is 6.57. The molecule has 0 heterocycles. The van der Waals surface area contributed by atoms with E-state index in [0.29, 0.717) is 0 Å². The van der Waals surface area contributed by atoms with Crippen LogP contribution in [0.1, 0.15) is 36.0 Å². The van der Waals surface area contributed by atoms with E-state index in [-0.39, 0.29) is 5.78 Å². The predicted molar refractivity (Wildman–Crippen MR) is 92.4 cm³/mol. The van der Waals surface area contributed by atoms with Crippen molar-refractivity contribution < 1.29 is 4.79 Å². The predicted octanol–water partition coefficient (Wildman–Crippen LogP) is 5.22. The molecule has 110 valence electrons. The van der Waals surface area contributed by atoms with Gasteiger partial charge in [0.25, 0.3) is 0 Å². The molecule has 2 aromatic carbocycles. The van der Waals surface area contributed by atoms with Gasteiger partial charge in [-0.2, -0.15) is 0 Å². The molecule has 3 rings (SSSR count). The largest absolute Gasteiger partial charge is 0.289 e. The average Bonchev–Trinajstić information content (AvgIpc) is 2.54. The summed E-state index contributed by atoms with van der Waals surface area (Å²) in [5, 5.41) is 0. The summed E-state index contributed by atoms with van der Waals surface area (Å²) < 4.78 is 0. The van der Waals surface area contributed by atoms with Crippen molar-refractivity contribution in [1.29, 1.82) is 0 Å². The van der Waals surface area contributed by atoms with Crippen LogP contribution in [0.15, 0.2) is 65.7 Å². The molecule has 22 heavy (non-hydrogen) atoms. The van der Waals surface area contributed by atoms with Crippen molar-refractivity contribution in [2.75, 3.05) is 0 Å². The Hall–Kier alpha value is -2.41. The first-order valence-electron chi connectivity index (χ1n) is 7.80. The number of aryl methyl sites for hydroxylation is 1. The van der Waals surface area contributed by atoms with Gasteiger partial charge >= 0.3 is 0 Å². The van der Waals surface area contributed by atoms with Crippen LogP contribution in [0, 0.1) is 6.92 Å². The van der Waals surface area contributed by atoms with E-state index < -0.39 is 0 Å². The SMILES string of the molecule is Cc1ccc(/C=C2/CCC/C(=C/c3ccccc3)C2=O)cc1. The van der Waals surface area contributed by atoms with Gasteiger partial charge in [-0.3, -0.25) is 4.79 Å². The molecule has 0 unspecified atom stereocenters. The Kier molecular flexibility index (Phi) is 4.34. The van der Waals surface area contributed by atoms with Crippen molar-refractivity contribution in [3.63, 3.8) is 0 Å². The van der Waals surface area contributed by atoms with E-state index in [2.05, 4.69) is 31.2 Å². The molecule has 1 heteroatoms. The van der Waals surface area contributed by atoms with Gasteiger partial charge in [-0.15, -0.1) is 0 Å². The van der Waals surface area contributed by atoms with Gasteiger partial charge in [-0.05, 0) is 49.5 Å². The molecule has 0 aliphatic heterocycles. The minimum atomic E-state index is 0.204. The van der Waals surface area contributed by atoms with E-state index in [1.54, 1.807) is 0 Å². The van der Waals surface area contributed by atoms with Crippen molar-refractivity contribution in [3.8, 4) is 0 Å². The van der Waals surface area contributed by atoms with Crippen LogP contribution in [0.4, 0.5) is 0 Å². The summed E-state index contributed by atoms with van der Waals surface area (Å²) in [5.41, 5.74) is 5.30. The first-order chi connectivity index (χ1) is 10.7. The first-order valence-corrected chi connectivity index (χ1v) is 7.80. The van der Waals surface area contributed by atoms with Gasteiger partial charge < -0.3 is 0 Å². The smallest absolute Gasteiger partial charge is 0.185 e. The van der Waals surface area contributed by atoms with Crippen LogP contribution >= 0.6 is 0 Å². The molecule has 0 amide bonds. The molecule has 0 aromatic heterocycles. The van der Waals surface area contributed by atoms with Crippen LogP contribution in [-0.4, -0.2) is 5.78 Å². The number of hydrogen-bond acceptors (Lipinski definition) is 1. The zero-order valence-corrected chi connectivity index (χ0v) is 12.9. The maximum Gasteiger partial charge on any atom is 0.185 e. The van der Waals surface area contributed by atoms with Gasteiger partial charge in [0.2, 0.25) is 0 Å². The molecule has 1 fully saturated rings. The van der Waals surface area contributed by atoms with Crippen molar-refractivity contribution >= 4 is 17.9 Å². The molecule has 1 nitrogen and oxygen atoms in total. The number of carbonyl (C=O) groups excluding carboxylic acids is 1. The van der Waals surface area contributed by atoms with E-state index in [4.69, 9.17) is 0 Å². The highest BCUT2D eigenvalue weighted by atomic mass is 16.1. The second-order valence-electron chi connectivity index (χ2n) is 5.84. The van der Waals surface area contributed by atoms with Gasteiger partial charge in [0.15, 0.2) is 5.78 Å². The van der Waals surface area contributed by atoms with Gasteiger partial charge in [-0.25, -0.2) is 0 Å². The topological polar surface area (TPSA) is 17.1 Å². The quantitative estimate of drug-likeness (QED) is 0.693. The summed E-state index contributed by atoms with van der Waals surface area (Å²) in [6.45, 7) is 2.07. The number of Topliss-reactive ketones (excluding diaryl/α,β-unsaturated/α-hetero) is 1. The summed E-state index contributed by atoms with van der Waals surface area (Å²) in [6, 6.07) is 18.4. The first kappa shape index (κ1) is 14.5. The Morgan fingerprint density at radius 2 is 1.32 bits per heavy atom. The zero-order chi connectivity index (χ0) is 15.4. The number of hydrogen-bond donors (Lipinski definition) is 0. The zero-order valence-electron chi connectivity index (χ0n) is 12.9. The molecule has 0 N–H and O–H groups in total. The van der Waals surface area contributed by atoms with Gasteiger partial charge in [-0.1, -0.05) is 60.2 Å². The highest BCUT2D eigenvalue weighted by molar-refractivity contribution is 6.13. The summed E-state index contributed by atoms with van der Waals surface area (Å²) in [5.74, 6) is 0.204. The van der Waals surface area contributed by atoms with Crippen LogP contribution < -0.4 is 0 Å². The third-order valence-electron chi connectivity index (χ3n) is 4.03. The summed E-state index contributed by atoms with van der Waals surface area (Å²) in [7, 11) is 0.